The number of carbonyl (C=O) groups is 3. The van der Waals surface area contributed by atoms with Gasteiger partial charge in [-0.3, -0.25) is 14.7 Å². The zero-order valence-electron chi connectivity index (χ0n) is 14.1. The summed E-state index contributed by atoms with van der Waals surface area (Å²) in [5, 5.41) is 36.7. The van der Waals surface area contributed by atoms with Crippen LogP contribution in [0.4, 0.5) is 0 Å². The molecule has 10 nitrogen and oxygen atoms in total. The molecule has 1 fully saturated rings. The number of aliphatic carboxylic acids is 3. The first-order chi connectivity index (χ1) is 11.4. The van der Waals surface area contributed by atoms with Gasteiger partial charge in [-0.1, -0.05) is 0 Å². The summed E-state index contributed by atoms with van der Waals surface area (Å²) in [6.45, 7) is 2.18. The van der Waals surface area contributed by atoms with Crippen LogP contribution in [-0.2, 0) is 47.1 Å². The summed E-state index contributed by atoms with van der Waals surface area (Å²) in [6.07, 6.45) is 0. The maximum Gasteiger partial charge on any atom is 3.00 e. The summed E-state index contributed by atoms with van der Waals surface area (Å²) in [4.78, 5) is 37.3. The Balaban J connectivity index is 0.00000576. The van der Waals surface area contributed by atoms with Crippen molar-refractivity contribution < 1.29 is 62.4 Å². The van der Waals surface area contributed by atoms with Crippen molar-refractivity contribution >= 4 is 17.9 Å². The predicted molar refractivity (Wildman–Crippen MR) is 77.4 cm³/mol. The van der Waals surface area contributed by atoms with Crippen molar-refractivity contribution in [1.82, 2.24) is 14.7 Å². The van der Waals surface area contributed by atoms with Gasteiger partial charge in [0, 0.05) is 45.8 Å². The standard InChI is InChI=1S/C14H25N4O6.Y/c19-12(20)9-16-3-1-15-2-4-17(10-13(21)22)6-8-18(7-5-16)11-14(23)24;/h1-11H2,(H,19,20)(H,21,22)(H,23,24);/q-1;+3/p-3. The Morgan fingerprint density at radius 1 is 0.640 bits per heavy atom. The zero-order valence-corrected chi connectivity index (χ0v) is 16.9. The number of rotatable bonds is 6. The molecule has 0 saturated carbocycles. The number of hydrogen-bond donors (Lipinski definition) is 0. The first-order valence-electron chi connectivity index (χ1n) is 7.76. The van der Waals surface area contributed by atoms with Crippen LogP contribution in [0.5, 0.6) is 0 Å². The van der Waals surface area contributed by atoms with Crippen LogP contribution in [-0.4, -0.2) is 105 Å². The van der Waals surface area contributed by atoms with Crippen LogP contribution in [0.3, 0.4) is 0 Å². The fraction of sp³-hybridized carbons (Fsp3) is 0.786. The first-order valence-corrected chi connectivity index (χ1v) is 7.76. The van der Waals surface area contributed by atoms with Crippen molar-refractivity contribution in [2.24, 2.45) is 0 Å². The van der Waals surface area contributed by atoms with Gasteiger partial charge in [-0.2, -0.15) is 0 Å². The minimum absolute atomic E-state index is 0. The third-order valence-electron chi connectivity index (χ3n) is 3.67. The maximum atomic E-state index is 10.9. The minimum Gasteiger partial charge on any atom is -0.660 e. The number of carboxylic acid groups (broad SMARTS) is 3. The van der Waals surface area contributed by atoms with Crippen LogP contribution < -0.4 is 15.3 Å². The summed E-state index contributed by atoms with van der Waals surface area (Å²) in [5.41, 5.74) is 0. The van der Waals surface area contributed by atoms with E-state index in [0.29, 0.717) is 52.4 Å². The first kappa shape index (κ1) is 24.4. The molecule has 0 unspecified atom stereocenters. The summed E-state index contributed by atoms with van der Waals surface area (Å²) in [7, 11) is 0. The molecule has 1 aliphatic heterocycles. The largest absolute Gasteiger partial charge is 3.00 e. The van der Waals surface area contributed by atoms with Crippen LogP contribution in [0.15, 0.2) is 0 Å². The summed E-state index contributed by atoms with van der Waals surface area (Å²) < 4.78 is 0. The smallest absolute Gasteiger partial charge is 0.660 e. The number of carbonyl (C=O) groups excluding carboxylic acids is 3. The van der Waals surface area contributed by atoms with Gasteiger partial charge in [-0.15, -0.1) is 13.1 Å². The van der Waals surface area contributed by atoms with Crippen molar-refractivity contribution in [3.05, 3.63) is 5.32 Å². The summed E-state index contributed by atoms with van der Waals surface area (Å²) >= 11 is 0. The van der Waals surface area contributed by atoms with Gasteiger partial charge < -0.3 is 35.0 Å². The normalized spacial score (nSPS) is 19.2. The van der Waals surface area contributed by atoms with Gasteiger partial charge >= 0.3 is 32.7 Å². The molecular formula is C14H22N4O6Y-. The van der Waals surface area contributed by atoms with Gasteiger partial charge in [-0.25, -0.2) is 0 Å². The molecule has 0 aromatic rings. The van der Waals surface area contributed by atoms with E-state index in [9.17, 15) is 29.7 Å². The fourth-order valence-corrected chi connectivity index (χ4v) is 2.46. The van der Waals surface area contributed by atoms with Crippen molar-refractivity contribution in [2.75, 3.05) is 72.0 Å². The van der Waals surface area contributed by atoms with E-state index in [1.807, 2.05) is 0 Å². The molecule has 1 rings (SSSR count). The summed E-state index contributed by atoms with van der Waals surface area (Å²) in [5.74, 6) is -3.64. The molecule has 138 valence electrons. The van der Waals surface area contributed by atoms with Crippen LogP contribution in [0.25, 0.3) is 5.32 Å². The van der Waals surface area contributed by atoms with Crippen molar-refractivity contribution in [1.29, 1.82) is 0 Å². The van der Waals surface area contributed by atoms with Gasteiger partial charge in [-0.05, 0) is 13.1 Å². The van der Waals surface area contributed by atoms with Crippen molar-refractivity contribution in [3.8, 4) is 0 Å². The van der Waals surface area contributed by atoms with Gasteiger partial charge in [0.2, 0.25) is 0 Å². The molecule has 25 heavy (non-hydrogen) atoms. The van der Waals surface area contributed by atoms with Crippen molar-refractivity contribution in [3.63, 3.8) is 0 Å². The minimum atomic E-state index is -1.24. The Morgan fingerprint density at radius 3 is 1.20 bits per heavy atom. The van der Waals surface area contributed by atoms with Gasteiger partial charge in [0.25, 0.3) is 0 Å². The van der Waals surface area contributed by atoms with E-state index in [-0.39, 0.29) is 52.3 Å². The molecule has 0 atom stereocenters. The maximum absolute atomic E-state index is 10.9. The monoisotopic (exact) mass is 431 g/mol. The molecule has 1 aliphatic rings. The Labute approximate surface area is 172 Å². The molecule has 1 heterocycles. The molecule has 0 radical (unpaired) electrons. The Morgan fingerprint density at radius 2 is 0.920 bits per heavy atom. The van der Waals surface area contributed by atoms with E-state index in [1.165, 1.54) is 0 Å². The molecule has 11 heteroatoms. The quantitative estimate of drug-likeness (QED) is 0.402. The third-order valence-corrected chi connectivity index (χ3v) is 3.67. The van der Waals surface area contributed by atoms with Gasteiger partial charge in [0.05, 0.1) is 17.9 Å². The molecule has 1 saturated heterocycles. The second-order valence-corrected chi connectivity index (χ2v) is 5.62. The van der Waals surface area contributed by atoms with Crippen LogP contribution in [0.1, 0.15) is 0 Å². The Kier molecular flexibility index (Phi) is 13.2. The number of carboxylic acids is 3. The van der Waals surface area contributed by atoms with Crippen LogP contribution in [0.2, 0.25) is 0 Å². The van der Waals surface area contributed by atoms with E-state index >= 15 is 0 Å². The SMILES string of the molecule is O=C([O-])CN1CC[N-]CCN(CC(=O)[O-])CCN(CC(=O)[O-])CC1.[Y+3]. The molecular weight excluding hydrogens is 409 g/mol. The van der Waals surface area contributed by atoms with E-state index in [4.69, 9.17) is 0 Å². The second kappa shape index (κ2) is 13.5. The molecule has 0 aliphatic carbocycles. The molecule has 0 amide bonds. The fourth-order valence-electron chi connectivity index (χ4n) is 2.46. The topological polar surface area (TPSA) is 144 Å². The van der Waals surface area contributed by atoms with E-state index < -0.39 is 17.9 Å². The third kappa shape index (κ3) is 12.4. The van der Waals surface area contributed by atoms with Crippen LogP contribution in [0, 0.1) is 0 Å². The number of hydrogen-bond acceptors (Lipinski definition) is 9. The second-order valence-electron chi connectivity index (χ2n) is 5.62. The van der Waals surface area contributed by atoms with E-state index in [0.717, 1.165) is 0 Å². The Bertz CT molecular complexity index is 410. The Hall–Kier alpha value is -0.646. The van der Waals surface area contributed by atoms with Gasteiger partial charge in [0.15, 0.2) is 0 Å². The molecule has 0 aromatic heterocycles. The van der Waals surface area contributed by atoms with Crippen molar-refractivity contribution in [2.45, 2.75) is 0 Å². The van der Waals surface area contributed by atoms with E-state index in [1.54, 1.807) is 14.7 Å². The van der Waals surface area contributed by atoms with Crippen LogP contribution >= 0.6 is 0 Å². The molecule has 0 aromatic carbocycles. The average molecular weight is 431 g/mol. The number of nitrogens with zero attached hydrogens (tertiary/aromatic N) is 4. The summed E-state index contributed by atoms with van der Waals surface area (Å²) in [6, 6.07) is 0. The molecule has 0 bridgehead atoms. The van der Waals surface area contributed by atoms with E-state index in [2.05, 4.69) is 5.32 Å². The average Bonchev–Trinajstić information content (AvgIpc) is 2.45. The zero-order chi connectivity index (χ0) is 17.9. The molecule has 0 spiro atoms. The van der Waals surface area contributed by atoms with Gasteiger partial charge in [0.1, 0.15) is 0 Å². The molecule has 0 N–H and O–H groups in total. The predicted octanol–water partition coefficient (Wildman–Crippen LogP) is -5.47.